The number of amides is 1. The standard InChI is InChI=1S/C18H15N3O2/c22-14-8-4-5-12(9-14)15-10-16(23)20-18-17(15)19-11-21(18)13-6-2-1-3-7-13/h1-9,11,15,22H,10H2,(H,20,23). The summed E-state index contributed by atoms with van der Waals surface area (Å²) in [6.07, 6.45) is 2.05. The van der Waals surface area contributed by atoms with E-state index in [4.69, 9.17) is 0 Å². The van der Waals surface area contributed by atoms with Crippen molar-refractivity contribution in [1.82, 2.24) is 9.55 Å². The first-order chi connectivity index (χ1) is 11.2. The predicted octanol–water partition coefficient (Wildman–Crippen LogP) is 3.05. The lowest BCUT2D eigenvalue weighted by molar-refractivity contribution is -0.116. The summed E-state index contributed by atoms with van der Waals surface area (Å²) in [5.41, 5.74) is 2.65. The number of phenolic OH excluding ortho intramolecular Hbond substituents is 1. The number of para-hydroxylation sites is 1. The zero-order valence-electron chi connectivity index (χ0n) is 12.3. The van der Waals surface area contributed by atoms with Crippen molar-refractivity contribution < 1.29 is 9.90 Å². The third kappa shape index (κ3) is 2.36. The Kier molecular flexibility index (Phi) is 3.12. The average molecular weight is 305 g/mol. The van der Waals surface area contributed by atoms with Crippen molar-refractivity contribution in [2.24, 2.45) is 0 Å². The summed E-state index contributed by atoms with van der Waals surface area (Å²) in [7, 11) is 0. The SMILES string of the molecule is O=C1CC(c2cccc(O)c2)c2ncn(-c3ccccc3)c2N1. The van der Waals surface area contributed by atoms with Crippen molar-refractivity contribution in [3.8, 4) is 11.4 Å². The van der Waals surface area contributed by atoms with Gasteiger partial charge in [0, 0.05) is 18.0 Å². The fourth-order valence-corrected chi connectivity index (χ4v) is 3.01. The molecule has 1 aliphatic rings. The van der Waals surface area contributed by atoms with Crippen LogP contribution in [0.1, 0.15) is 23.6 Å². The Morgan fingerprint density at radius 1 is 1.13 bits per heavy atom. The van der Waals surface area contributed by atoms with Crippen LogP contribution in [0, 0.1) is 0 Å². The Balaban J connectivity index is 1.83. The number of nitrogens with zero attached hydrogens (tertiary/aromatic N) is 2. The number of carbonyl (C=O) groups is 1. The molecule has 23 heavy (non-hydrogen) atoms. The smallest absolute Gasteiger partial charge is 0.226 e. The number of carbonyl (C=O) groups excluding carboxylic acids is 1. The van der Waals surface area contributed by atoms with E-state index in [0.29, 0.717) is 12.2 Å². The summed E-state index contributed by atoms with van der Waals surface area (Å²) >= 11 is 0. The van der Waals surface area contributed by atoms with Crippen LogP contribution in [0.2, 0.25) is 0 Å². The highest BCUT2D eigenvalue weighted by atomic mass is 16.3. The van der Waals surface area contributed by atoms with Crippen molar-refractivity contribution in [2.45, 2.75) is 12.3 Å². The van der Waals surface area contributed by atoms with Crippen LogP contribution in [0.4, 0.5) is 5.82 Å². The summed E-state index contributed by atoms with van der Waals surface area (Å²) < 4.78 is 1.88. The number of hydrogen-bond donors (Lipinski definition) is 2. The summed E-state index contributed by atoms with van der Waals surface area (Å²) in [5, 5.41) is 12.6. The van der Waals surface area contributed by atoms with Crippen molar-refractivity contribution in [3.63, 3.8) is 0 Å². The van der Waals surface area contributed by atoms with E-state index in [0.717, 1.165) is 16.9 Å². The molecule has 4 rings (SSSR count). The summed E-state index contributed by atoms with van der Waals surface area (Å²) in [6, 6.07) is 16.8. The van der Waals surface area contributed by atoms with Gasteiger partial charge in [-0.05, 0) is 29.8 Å². The maximum absolute atomic E-state index is 12.2. The highest BCUT2D eigenvalue weighted by Crippen LogP contribution is 2.37. The largest absolute Gasteiger partial charge is 0.508 e. The molecule has 0 bridgehead atoms. The highest BCUT2D eigenvalue weighted by Gasteiger charge is 2.31. The first-order valence-electron chi connectivity index (χ1n) is 7.44. The molecule has 5 nitrogen and oxygen atoms in total. The minimum atomic E-state index is -0.157. The monoisotopic (exact) mass is 305 g/mol. The molecule has 0 aliphatic carbocycles. The molecule has 2 heterocycles. The third-order valence-corrected chi connectivity index (χ3v) is 4.08. The molecule has 0 radical (unpaired) electrons. The quantitative estimate of drug-likeness (QED) is 0.764. The number of aromatic nitrogens is 2. The third-order valence-electron chi connectivity index (χ3n) is 4.08. The van der Waals surface area contributed by atoms with Crippen LogP contribution >= 0.6 is 0 Å². The van der Waals surface area contributed by atoms with E-state index >= 15 is 0 Å². The molecule has 2 N–H and O–H groups in total. The second-order valence-corrected chi connectivity index (χ2v) is 5.58. The lowest BCUT2D eigenvalue weighted by Crippen LogP contribution is -2.24. The summed E-state index contributed by atoms with van der Waals surface area (Å²) in [5.74, 6) is 0.678. The minimum Gasteiger partial charge on any atom is -0.508 e. The molecule has 0 saturated heterocycles. The van der Waals surface area contributed by atoms with Crippen LogP contribution in [-0.2, 0) is 4.79 Å². The summed E-state index contributed by atoms with van der Waals surface area (Å²) in [4.78, 5) is 16.7. The lowest BCUT2D eigenvalue weighted by Gasteiger charge is -2.23. The Hall–Kier alpha value is -3.08. The molecule has 1 amide bonds. The highest BCUT2D eigenvalue weighted by molar-refractivity contribution is 5.94. The van der Waals surface area contributed by atoms with E-state index in [-0.39, 0.29) is 17.6 Å². The number of rotatable bonds is 2. The van der Waals surface area contributed by atoms with E-state index < -0.39 is 0 Å². The molecule has 0 fully saturated rings. The molecule has 3 aromatic rings. The fraction of sp³-hybridized carbons (Fsp3) is 0.111. The number of fused-ring (bicyclic) bond motifs is 1. The normalized spacial score (nSPS) is 16.7. The van der Waals surface area contributed by atoms with Crippen LogP contribution in [0.3, 0.4) is 0 Å². The van der Waals surface area contributed by atoms with Crippen molar-refractivity contribution in [2.75, 3.05) is 5.32 Å². The van der Waals surface area contributed by atoms with Gasteiger partial charge in [-0.15, -0.1) is 0 Å². The van der Waals surface area contributed by atoms with Gasteiger partial charge in [0.2, 0.25) is 5.91 Å². The van der Waals surface area contributed by atoms with Gasteiger partial charge in [-0.25, -0.2) is 4.98 Å². The zero-order valence-corrected chi connectivity index (χ0v) is 12.3. The Morgan fingerprint density at radius 2 is 1.96 bits per heavy atom. The first kappa shape index (κ1) is 13.6. The number of hydrogen-bond acceptors (Lipinski definition) is 3. The topological polar surface area (TPSA) is 67.1 Å². The van der Waals surface area contributed by atoms with Gasteiger partial charge in [-0.3, -0.25) is 9.36 Å². The van der Waals surface area contributed by atoms with Crippen LogP contribution < -0.4 is 5.32 Å². The Bertz CT molecular complexity index is 871. The van der Waals surface area contributed by atoms with Crippen LogP contribution in [0.5, 0.6) is 5.75 Å². The second-order valence-electron chi connectivity index (χ2n) is 5.58. The molecule has 2 aromatic carbocycles. The zero-order chi connectivity index (χ0) is 15.8. The number of benzene rings is 2. The van der Waals surface area contributed by atoms with E-state index in [1.54, 1.807) is 24.5 Å². The van der Waals surface area contributed by atoms with Gasteiger partial charge in [0.1, 0.15) is 17.9 Å². The molecule has 1 atom stereocenters. The predicted molar refractivity (Wildman–Crippen MR) is 86.8 cm³/mol. The number of imidazole rings is 1. The number of anilines is 1. The fourth-order valence-electron chi connectivity index (χ4n) is 3.01. The van der Waals surface area contributed by atoms with Gasteiger partial charge < -0.3 is 10.4 Å². The maximum atomic E-state index is 12.2. The maximum Gasteiger partial charge on any atom is 0.226 e. The molecule has 1 unspecified atom stereocenters. The van der Waals surface area contributed by atoms with Gasteiger partial charge in [0.25, 0.3) is 0 Å². The summed E-state index contributed by atoms with van der Waals surface area (Å²) in [6.45, 7) is 0. The number of aromatic hydroxyl groups is 1. The van der Waals surface area contributed by atoms with E-state index in [2.05, 4.69) is 10.3 Å². The number of phenols is 1. The van der Waals surface area contributed by atoms with Crippen LogP contribution in [0.15, 0.2) is 60.9 Å². The van der Waals surface area contributed by atoms with Crippen LogP contribution in [-0.4, -0.2) is 20.6 Å². The van der Waals surface area contributed by atoms with Crippen molar-refractivity contribution in [3.05, 3.63) is 72.2 Å². The number of nitrogens with one attached hydrogen (secondary N) is 1. The average Bonchev–Trinajstić information content (AvgIpc) is 2.98. The first-order valence-corrected chi connectivity index (χ1v) is 7.44. The van der Waals surface area contributed by atoms with E-state index in [1.165, 1.54) is 0 Å². The molecule has 5 heteroatoms. The van der Waals surface area contributed by atoms with Gasteiger partial charge in [0.05, 0.1) is 5.69 Å². The molecule has 114 valence electrons. The molecule has 0 spiro atoms. The molecular weight excluding hydrogens is 290 g/mol. The van der Waals surface area contributed by atoms with E-state index in [1.807, 2.05) is 41.0 Å². The molecule has 1 aromatic heterocycles. The Labute approximate surface area is 133 Å². The second kappa shape index (κ2) is 5.28. The molecule has 0 saturated carbocycles. The van der Waals surface area contributed by atoms with Gasteiger partial charge in [-0.2, -0.15) is 0 Å². The van der Waals surface area contributed by atoms with Gasteiger partial charge in [0.15, 0.2) is 0 Å². The van der Waals surface area contributed by atoms with Gasteiger partial charge in [-0.1, -0.05) is 30.3 Å². The Morgan fingerprint density at radius 3 is 2.74 bits per heavy atom. The molecular formula is C18H15N3O2. The van der Waals surface area contributed by atoms with Crippen molar-refractivity contribution >= 4 is 11.7 Å². The van der Waals surface area contributed by atoms with E-state index in [9.17, 15) is 9.90 Å². The lowest BCUT2D eigenvalue weighted by atomic mass is 9.90. The van der Waals surface area contributed by atoms with Crippen molar-refractivity contribution in [1.29, 1.82) is 0 Å². The minimum absolute atomic E-state index is 0.0523. The van der Waals surface area contributed by atoms with Gasteiger partial charge >= 0.3 is 0 Å². The van der Waals surface area contributed by atoms with Crippen LogP contribution in [0.25, 0.3) is 5.69 Å². The molecule has 1 aliphatic heterocycles.